The van der Waals surface area contributed by atoms with Gasteiger partial charge < -0.3 is 10.8 Å². The minimum atomic E-state index is -4.50. The van der Waals surface area contributed by atoms with Crippen molar-refractivity contribution in [1.29, 1.82) is 0 Å². The Kier molecular flexibility index (Phi) is 2.33. The fourth-order valence-electron chi connectivity index (χ4n) is 1.71. The van der Waals surface area contributed by atoms with Gasteiger partial charge in [0.2, 0.25) is 0 Å². The van der Waals surface area contributed by atoms with Crippen molar-refractivity contribution in [3.8, 4) is 5.75 Å². The van der Waals surface area contributed by atoms with Gasteiger partial charge in [0, 0.05) is 5.69 Å². The number of nitrogens with two attached hydrogens (primary N) is 1. The number of hydrogen-bond acceptors (Lipinski definition) is 6. The molecule has 0 amide bonds. The summed E-state index contributed by atoms with van der Waals surface area (Å²) in [4.78, 5) is 7.09. The summed E-state index contributed by atoms with van der Waals surface area (Å²) in [5.41, 5.74) is 5.40. The van der Waals surface area contributed by atoms with Crippen molar-refractivity contribution >= 4 is 32.6 Å². The van der Waals surface area contributed by atoms with Crippen LogP contribution in [0.2, 0.25) is 0 Å². The molecule has 7 nitrogen and oxygen atoms in total. The van der Waals surface area contributed by atoms with Crippen molar-refractivity contribution in [3.63, 3.8) is 0 Å². The molecule has 4 N–H and O–H groups in total. The summed E-state index contributed by atoms with van der Waals surface area (Å²) in [5.74, 6) is -0.334. The Morgan fingerprint density at radius 1 is 1.23 bits per heavy atom. The predicted molar refractivity (Wildman–Crippen MR) is 82.9 cm³/mol. The number of phenols is 1. The first-order valence-corrected chi connectivity index (χ1v) is 7.45. The van der Waals surface area contributed by atoms with Crippen LogP contribution in [0.3, 0.4) is 0 Å². The van der Waals surface area contributed by atoms with Crippen LogP contribution in [-0.2, 0) is 10.0 Å². The first-order chi connectivity index (χ1) is 12.1. The van der Waals surface area contributed by atoms with E-state index in [1.807, 2.05) is 0 Å². The highest BCUT2D eigenvalue weighted by Crippen LogP contribution is 2.22. The number of rotatable bonds is 3. The molecule has 1 heterocycles. The Labute approximate surface area is 132 Å². The standard InChI is InChI=1S/C14H12N4O3S/c15-9-4-6-10(7-5-9)22(20,21)18-13-8-16-14-11(17-13)2-1-3-12(14)19/h1-8,19H,15H2,(H,17,18)/i4D,5D,6D,7D. The van der Waals surface area contributed by atoms with E-state index in [4.69, 9.17) is 11.2 Å². The van der Waals surface area contributed by atoms with Gasteiger partial charge in [-0.15, -0.1) is 0 Å². The van der Waals surface area contributed by atoms with Crippen molar-refractivity contribution < 1.29 is 19.0 Å². The molecule has 0 atom stereocenters. The molecule has 0 unspecified atom stereocenters. The molecule has 2 aromatic carbocycles. The molecule has 0 spiro atoms. The molecule has 0 aliphatic heterocycles. The Bertz CT molecular complexity index is 1130. The minimum Gasteiger partial charge on any atom is -0.506 e. The SMILES string of the molecule is [2H]c1c([2H])c(S(=O)(=O)Nc2cnc3c(O)cccc3n2)c([2H])c([2H])c1N. The molecular formula is C14H12N4O3S. The maximum atomic E-state index is 12.6. The average molecular weight is 320 g/mol. The first-order valence-electron chi connectivity index (χ1n) is 7.97. The molecule has 0 saturated carbocycles. The zero-order chi connectivity index (χ0) is 19.2. The van der Waals surface area contributed by atoms with Gasteiger partial charge in [-0.25, -0.2) is 18.4 Å². The molecule has 0 aliphatic rings. The maximum Gasteiger partial charge on any atom is 0.263 e. The normalized spacial score (nSPS) is 14.0. The molecule has 0 saturated heterocycles. The average Bonchev–Trinajstić information content (AvgIpc) is 2.58. The Morgan fingerprint density at radius 3 is 2.68 bits per heavy atom. The Hall–Kier alpha value is -2.87. The Morgan fingerprint density at radius 2 is 1.95 bits per heavy atom. The number of para-hydroxylation sites is 1. The number of nitrogens with one attached hydrogen (secondary N) is 1. The van der Waals surface area contributed by atoms with E-state index in [1.165, 1.54) is 18.2 Å². The van der Waals surface area contributed by atoms with E-state index in [2.05, 4.69) is 14.7 Å². The lowest BCUT2D eigenvalue weighted by atomic mass is 10.3. The quantitative estimate of drug-likeness (QED) is 0.632. The second kappa shape index (κ2) is 5.15. The van der Waals surface area contributed by atoms with E-state index < -0.39 is 44.8 Å². The van der Waals surface area contributed by atoms with Gasteiger partial charge in [-0.05, 0) is 36.3 Å². The number of benzene rings is 2. The molecule has 3 aromatic rings. The number of nitrogens with zero attached hydrogens (tertiary/aromatic N) is 2. The zero-order valence-corrected chi connectivity index (χ0v) is 11.8. The van der Waals surface area contributed by atoms with Crippen LogP contribution in [0.25, 0.3) is 11.0 Å². The lowest BCUT2D eigenvalue weighted by Crippen LogP contribution is -2.14. The molecule has 0 radical (unpaired) electrons. The van der Waals surface area contributed by atoms with E-state index in [1.54, 1.807) is 0 Å². The van der Waals surface area contributed by atoms with Crippen molar-refractivity contribution in [3.05, 3.63) is 48.6 Å². The number of sulfonamides is 1. The zero-order valence-electron chi connectivity index (χ0n) is 15.0. The highest BCUT2D eigenvalue weighted by atomic mass is 32.2. The summed E-state index contributed by atoms with van der Waals surface area (Å²) in [7, 11) is -4.50. The third-order valence-corrected chi connectivity index (χ3v) is 3.90. The number of fused-ring (bicyclic) bond motifs is 1. The van der Waals surface area contributed by atoms with E-state index in [9.17, 15) is 13.5 Å². The fourth-order valence-corrected chi connectivity index (χ4v) is 2.56. The molecule has 3 rings (SSSR count). The van der Waals surface area contributed by atoms with Gasteiger partial charge in [0.05, 0.1) is 22.1 Å². The predicted octanol–water partition coefficient (Wildman–Crippen LogP) is 1.72. The third-order valence-electron chi connectivity index (χ3n) is 2.68. The summed E-state index contributed by atoms with van der Waals surface area (Å²) < 4.78 is 58.1. The highest BCUT2D eigenvalue weighted by molar-refractivity contribution is 7.92. The highest BCUT2D eigenvalue weighted by Gasteiger charge is 2.15. The van der Waals surface area contributed by atoms with Crippen LogP contribution in [0.15, 0.2) is 53.5 Å². The number of hydrogen-bond donors (Lipinski definition) is 3. The number of phenolic OH excluding ortho intramolecular Hbond substituents is 1. The van der Waals surface area contributed by atoms with Crippen LogP contribution in [0.5, 0.6) is 5.75 Å². The lowest BCUT2D eigenvalue weighted by Gasteiger charge is -2.08. The van der Waals surface area contributed by atoms with Crippen molar-refractivity contribution in [2.24, 2.45) is 0 Å². The van der Waals surface area contributed by atoms with Crippen LogP contribution in [0, 0.1) is 0 Å². The van der Waals surface area contributed by atoms with Crippen molar-refractivity contribution in [2.45, 2.75) is 4.90 Å². The van der Waals surface area contributed by atoms with E-state index in [0.29, 0.717) is 0 Å². The topological polar surface area (TPSA) is 118 Å². The van der Waals surface area contributed by atoms with Crippen LogP contribution < -0.4 is 10.5 Å². The lowest BCUT2D eigenvalue weighted by molar-refractivity contribution is 0.480. The number of nitrogen functional groups attached to an aromatic ring is 1. The third kappa shape index (κ3) is 2.63. The first kappa shape index (κ1) is 9.96. The van der Waals surface area contributed by atoms with Gasteiger partial charge in [0.25, 0.3) is 10.0 Å². The molecule has 1 aromatic heterocycles. The molecule has 8 heteroatoms. The van der Waals surface area contributed by atoms with E-state index in [-0.39, 0.29) is 22.6 Å². The molecule has 22 heavy (non-hydrogen) atoms. The largest absolute Gasteiger partial charge is 0.506 e. The van der Waals surface area contributed by atoms with Gasteiger partial charge in [-0.2, -0.15) is 0 Å². The van der Waals surface area contributed by atoms with Crippen molar-refractivity contribution in [1.82, 2.24) is 9.97 Å². The summed E-state index contributed by atoms with van der Waals surface area (Å²) >= 11 is 0. The molecule has 0 aliphatic carbocycles. The van der Waals surface area contributed by atoms with Gasteiger partial charge >= 0.3 is 0 Å². The molecule has 0 fully saturated rings. The van der Waals surface area contributed by atoms with E-state index >= 15 is 0 Å². The van der Waals surface area contributed by atoms with Crippen LogP contribution in [0.1, 0.15) is 5.48 Å². The second-order valence-corrected chi connectivity index (χ2v) is 5.87. The smallest absolute Gasteiger partial charge is 0.263 e. The van der Waals surface area contributed by atoms with E-state index in [0.717, 1.165) is 6.20 Å². The number of aromatic hydroxyl groups is 1. The second-order valence-electron chi connectivity index (χ2n) is 4.25. The van der Waals surface area contributed by atoms with Gasteiger partial charge in [0.1, 0.15) is 11.3 Å². The summed E-state index contributed by atoms with van der Waals surface area (Å²) in [6.45, 7) is 0. The summed E-state index contributed by atoms with van der Waals surface area (Å²) in [5, 5.41) is 9.69. The van der Waals surface area contributed by atoms with Crippen molar-refractivity contribution in [2.75, 3.05) is 10.5 Å². The fraction of sp³-hybridized carbons (Fsp3) is 0. The van der Waals surface area contributed by atoms with Gasteiger partial charge in [-0.1, -0.05) is 6.07 Å². The van der Waals surface area contributed by atoms with Gasteiger partial charge in [0.15, 0.2) is 5.82 Å². The van der Waals surface area contributed by atoms with Crippen LogP contribution >= 0.6 is 0 Å². The molecule has 0 bridgehead atoms. The number of aromatic nitrogens is 2. The minimum absolute atomic E-state index is 0.123. The Balaban J connectivity index is 2.11. The van der Waals surface area contributed by atoms with Gasteiger partial charge in [-0.3, -0.25) is 4.72 Å². The van der Waals surface area contributed by atoms with Crippen LogP contribution in [-0.4, -0.2) is 23.5 Å². The summed E-state index contributed by atoms with van der Waals surface area (Å²) in [6, 6.07) is 1.54. The van der Waals surface area contributed by atoms with Crippen LogP contribution in [0.4, 0.5) is 11.5 Å². The molecular weight excluding hydrogens is 304 g/mol. The summed E-state index contributed by atoms with van der Waals surface area (Å²) in [6.07, 6.45) is 1.06. The monoisotopic (exact) mass is 320 g/mol. The molecule has 112 valence electrons. The number of anilines is 2. The maximum absolute atomic E-state index is 12.6.